The minimum Gasteiger partial charge on any atom is -0.493 e. The van der Waals surface area contributed by atoms with E-state index in [4.69, 9.17) is 29.9 Å². The lowest BCUT2D eigenvalue weighted by Gasteiger charge is -2.34. The van der Waals surface area contributed by atoms with E-state index in [1.807, 2.05) is 24.3 Å². The Kier molecular flexibility index (Phi) is 9.75. The highest BCUT2D eigenvalue weighted by atomic mass is 32.1. The SMILES string of the molecule is COc1ccc(C(C#N)=Cc2ccc(N3CCN(CCO)CC3)s2)cc1OC.O=[N+]([O-])O. The molecule has 1 aliphatic heterocycles. The molecule has 2 aromatic rings. The number of methoxy groups -OCH3 is 2. The number of rotatable bonds is 7. The van der Waals surface area contributed by atoms with Crippen molar-refractivity contribution >= 4 is 28.0 Å². The van der Waals surface area contributed by atoms with Crippen LogP contribution in [0.25, 0.3) is 11.6 Å². The van der Waals surface area contributed by atoms with Crippen molar-refractivity contribution in [2.45, 2.75) is 0 Å². The number of allylic oxidation sites excluding steroid dienone is 1. The Morgan fingerprint density at radius 3 is 2.44 bits per heavy atom. The average molecular weight is 463 g/mol. The lowest BCUT2D eigenvalue weighted by Crippen LogP contribution is -2.46. The van der Waals surface area contributed by atoms with Crippen LogP contribution >= 0.6 is 11.3 Å². The Morgan fingerprint density at radius 2 is 1.88 bits per heavy atom. The number of aliphatic hydroxyl groups excluding tert-OH is 1. The predicted octanol–water partition coefficient (Wildman–Crippen LogP) is 2.60. The second kappa shape index (κ2) is 12.5. The molecule has 1 saturated heterocycles. The van der Waals surface area contributed by atoms with Gasteiger partial charge in [-0.1, -0.05) is 0 Å². The van der Waals surface area contributed by atoms with Crippen molar-refractivity contribution in [3.63, 3.8) is 0 Å². The molecule has 32 heavy (non-hydrogen) atoms. The molecule has 0 amide bonds. The van der Waals surface area contributed by atoms with Gasteiger partial charge in [0.15, 0.2) is 11.5 Å². The topological polar surface area (TPSA) is 132 Å². The van der Waals surface area contributed by atoms with Gasteiger partial charge in [0.2, 0.25) is 0 Å². The molecular formula is C21H26N4O6S. The number of β-amino-alcohol motifs (C(OH)–C–C–N with tert-alkyl or cyclic N) is 1. The summed E-state index contributed by atoms with van der Waals surface area (Å²) in [6, 6.07) is 12.0. The van der Waals surface area contributed by atoms with Gasteiger partial charge in [-0.2, -0.15) is 5.26 Å². The average Bonchev–Trinajstić information content (AvgIpc) is 3.26. The van der Waals surface area contributed by atoms with Gasteiger partial charge in [0, 0.05) is 37.6 Å². The lowest BCUT2D eigenvalue weighted by molar-refractivity contribution is -0.742. The number of thiophene rings is 1. The number of piperazine rings is 1. The van der Waals surface area contributed by atoms with E-state index in [2.05, 4.69) is 28.0 Å². The van der Waals surface area contributed by atoms with Crippen LogP contribution in [-0.2, 0) is 0 Å². The molecule has 1 aliphatic rings. The molecule has 1 fully saturated rings. The molecule has 11 heteroatoms. The van der Waals surface area contributed by atoms with Crippen LogP contribution in [0.3, 0.4) is 0 Å². The third-order valence-electron chi connectivity index (χ3n) is 4.81. The summed E-state index contributed by atoms with van der Waals surface area (Å²) in [4.78, 5) is 14.0. The summed E-state index contributed by atoms with van der Waals surface area (Å²) in [7, 11) is 3.18. The first kappa shape index (κ1) is 24.9. The molecular weight excluding hydrogens is 436 g/mol. The quantitative estimate of drug-likeness (QED) is 0.362. The number of nitrogens with zero attached hydrogens (tertiary/aromatic N) is 4. The van der Waals surface area contributed by atoms with Crippen LogP contribution in [-0.4, -0.2) is 73.9 Å². The second-order valence-electron chi connectivity index (χ2n) is 6.71. The summed E-state index contributed by atoms with van der Waals surface area (Å²) in [5.41, 5.74) is 1.38. The maximum atomic E-state index is 9.64. The first-order valence-corrected chi connectivity index (χ1v) is 10.6. The molecule has 172 valence electrons. The highest BCUT2D eigenvalue weighted by Crippen LogP contribution is 2.33. The number of aliphatic hydroxyl groups is 1. The molecule has 1 aromatic carbocycles. The standard InChI is InChI=1S/C21H25N3O3S.HNO3/c1-26-19-5-3-16(14-20(19)27-2)17(15-22)13-18-4-6-21(28-18)24-9-7-23(8-10-24)11-12-25;2-1(3)4/h3-6,13-14,25H,7-12H2,1-2H3;(H,2,3,4). The fourth-order valence-electron chi connectivity index (χ4n) is 3.25. The minimum absolute atomic E-state index is 0.209. The van der Waals surface area contributed by atoms with Crippen molar-refractivity contribution in [3.05, 3.63) is 50.9 Å². The summed E-state index contributed by atoms with van der Waals surface area (Å²) in [6.07, 6.45) is 1.91. The molecule has 0 unspecified atom stereocenters. The molecule has 3 rings (SSSR count). The highest BCUT2D eigenvalue weighted by molar-refractivity contribution is 7.17. The lowest BCUT2D eigenvalue weighted by atomic mass is 10.1. The molecule has 0 saturated carbocycles. The van der Waals surface area contributed by atoms with E-state index >= 15 is 0 Å². The van der Waals surface area contributed by atoms with Crippen molar-refractivity contribution < 1.29 is 24.9 Å². The summed E-state index contributed by atoms with van der Waals surface area (Å²) < 4.78 is 10.6. The molecule has 0 atom stereocenters. The van der Waals surface area contributed by atoms with Gasteiger partial charge < -0.3 is 24.7 Å². The Hall–Kier alpha value is -3.33. The van der Waals surface area contributed by atoms with Crippen molar-refractivity contribution in [3.8, 4) is 17.6 Å². The van der Waals surface area contributed by atoms with Crippen LogP contribution in [0.15, 0.2) is 30.3 Å². The van der Waals surface area contributed by atoms with E-state index in [1.165, 1.54) is 5.00 Å². The Bertz CT molecular complexity index is 959. The third-order valence-corrected chi connectivity index (χ3v) is 5.91. The number of ether oxygens (including phenoxy) is 2. The van der Waals surface area contributed by atoms with Crippen LogP contribution < -0.4 is 14.4 Å². The van der Waals surface area contributed by atoms with E-state index in [1.54, 1.807) is 25.6 Å². The van der Waals surface area contributed by atoms with Crippen LogP contribution in [0, 0.1) is 21.4 Å². The fourth-order valence-corrected chi connectivity index (χ4v) is 4.25. The van der Waals surface area contributed by atoms with E-state index in [0.29, 0.717) is 17.1 Å². The van der Waals surface area contributed by atoms with Gasteiger partial charge in [-0.05, 0) is 42.0 Å². The maximum absolute atomic E-state index is 9.64. The smallest absolute Gasteiger partial charge is 0.291 e. The van der Waals surface area contributed by atoms with Crippen LogP contribution in [0.1, 0.15) is 10.4 Å². The molecule has 2 heterocycles. The van der Waals surface area contributed by atoms with Gasteiger partial charge in [-0.15, -0.1) is 21.5 Å². The van der Waals surface area contributed by atoms with E-state index in [-0.39, 0.29) is 6.61 Å². The Balaban J connectivity index is 0.000000837. The molecule has 0 aliphatic carbocycles. The minimum atomic E-state index is -1.50. The molecule has 2 N–H and O–H groups in total. The molecule has 0 spiro atoms. The molecule has 0 bridgehead atoms. The van der Waals surface area contributed by atoms with Gasteiger partial charge in [0.05, 0.1) is 37.5 Å². The number of hydrogen-bond donors (Lipinski definition) is 2. The molecule has 0 radical (unpaired) electrons. The zero-order chi connectivity index (χ0) is 23.5. The third kappa shape index (κ3) is 7.12. The van der Waals surface area contributed by atoms with Crippen molar-refractivity contribution in [2.24, 2.45) is 0 Å². The summed E-state index contributed by atoms with van der Waals surface area (Å²) in [6.45, 7) is 4.76. The van der Waals surface area contributed by atoms with Gasteiger partial charge in [0.1, 0.15) is 0 Å². The van der Waals surface area contributed by atoms with Crippen LogP contribution in [0.4, 0.5) is 5.00 Å². The van der Waals surface area contributed by atoms with Crippen molar-refractivity contribution in [1.29, 1.82) is 5.26 Å². The highest BCUT2D eigenvalue weighted by Gasteiger charge is 2.18. The van der Waals surface area contributed by atoms with Crippen LogP contribution in [0.5, 0.6) is 11.5 Å². The largest absolute Gasteiger partial charge is 0.493 e. The van der Waals surface area contributed by atoms with E-state index < -0.39 is 5.09 Å². The van der Waals surface area contributed by atoms with Gasteiger partial charge in [0.25, 0.3) is 5.09 Å². The van der Waals surface area contributed by atoms with Crippen molar-refractivity contribution in [1.82, 2.24) is 4.90 Å². The first-order valence-electron chi connectivity index (χ1n) is 9.77. The van der Waals surface area contributed by atoms with Gasteiger partial charge in [-0.25, -0.2) is 0 Å². The zero-order valence-electron chi connectivity index (χ0n) is 17.9. The van der Waals surface area contributed by atoms with Crippen molar-refractivity contribution in [2.75, 3.05) is 58.5 Å². The Morgan fingerprint density at radius 1 is 1.22 bits per heavy atom. The van der Waals surface area contributed by atoms with E-state index in [0.717, 1.165) is 43.2 Å². The number of nitriles is 1. The van der Waals surface area contributed by atoms with Crippen LogP contribution in [0.2, 0.25) is 0 Å². The zero-order valence-corrected chi connectivity index (χ0v) is 18.7. The molecule has 1 aromatic heterocycles. The molecule has 10 nitrogen and oxygen atoms in total. The Labute approximate surface area is 190 Å². The number of anilines is 1. The predicted molar refractivity (Wildman–Crippen MR) is 122 cm³/mol. The number of benzene rings is 1. The number of hydrogen-bond acceptors (Lipinski definition) is 9. The monoisotopic (exact) mass is 462 g/mol. The summed E-state index contributed by atoms with van der Waals surface area (Å²) >= 11 is 1.68. The second-order valence-corrected chi connectivity index (χ2v) is 7.80. The van der Waals surface area contributed by atoms with Gasteiger partial charge >= 0.3 is 0 Å². The fraction of sp³-hybridized carbons (Fsp3) is 0.381. The first-order chi connectivity index (χ1) is 15.4. The summed E-state index contributed by atoms with van der Waals surface area (Å²) in [5, 5.41) is 33.6. The van der Waals surface area contributed by atoms with Gasteiger partial charge in [-0.3, -0.25) is 4.90 Å². The summed E-state index contributed by atoms with van der Waals surface area (Å²) in [5.74, 6) is 1.25. The maximum Gasteiger partial charge on any atom is 0.291 e. The normalized spacial score (nSPS) is 14.2. The van der Waals surface area contributed by atoms with E-state index in [9.17, 15) is 5.26 Å².